The predicted octanol–water partition coefficient (Wildman–Crippen LogP) is 6.03. The zero-order valence-corrected chi connectivity index (χ0v) is 17.1. The van der Waals surface area contributed by atoms with Gasteiger partial charge in [-0.2, -0.15) is 0 Å². The van der Waals surface area contributed by atoms with Gasteiger partial charge < -0.3 is 9.80 Å². The van der Waals surface area contributed by atoms with Crippen LogP contribution in [0, 0.1) is 0 Å². The maximum Gasteiger partial charge on any atom is 0.0366 e. The molecule has 2 aromatic rings. The van der Waals surface area contributed by atoms with Crippen LogP contribution in [0.1, 0.15) is 45.7 Å². The van der Waals surface area contributed by atoms with E-state index in [4.69, 9.17) is 0 Å². The second-order valence-corrected chi connectivity index (χ2v) is 6.77. The van der Waals surface area contributed by atoms with Crippen molar-refractivity contribution in [1.82, 2.24) is 0 Å². The Hall–Kier alpha value is -2.22. The summed E-state index contributed by atoms with van der Waals surface area (Å²) in [5, 5.41) is 0. The van der Waals surface area contributed by atoms with Crippen molar-refractivity contribution in [2.45, 2.75) is 41.0 Å². The van der Waals surface area contributed by atoms with E-state index in [9.17, 15) is 0 Å². The first-order chi connectivity index (χ1) is 12.6. The largest absolute Gasteiger partial charge is 0.372 e. The van der Waals surface area contributed by atoms with E-state index in [2.05, 4.69) is 99.0 Å². The van der Waals surface area contributed by atoms with Gasteiger partial charge >= 0.3 is 0 Å². The minimum atomic E-state index is 0.996. The molecule has 26 heavy (non-hydrogen) atoms. The number of hydrogen-bond donors (Lipinski definition) is 0. The summed E-state index contributed by atoms with van der Waals surface area (Å²) in [5.74, 6) is 0. The predicted molar refractivity (Wildman–Crippen MR) is 117 cm³/mol. The van der Waals surface area contributed by atoms with Crippen molar-refractivity contribution in [1.29, 1.82) is 0 Å². The highest BCUT2D eigenvalue weighted by molar-refractivity contribution is 5.58. The molecule has 0 saturated heterocycles. The number of allylic oxidation sites excluding steroid dienone is 1. The molecule has 0 aliphatic carbocycles. The molecule has 2 heteroatoms. The van der Waals surface area contributed by atoms with Crippen LogP contribution in [-0.4, -0.2) is 26.2 Å². The van der Waals surface area contributed by atoms with Crippen LogP contribution in [-0.2, 0) is 6.42 Å². The lowest BCUT2D eigenvalue weighted by atomic mass is 10.0. The summed E-state index contributed by atoms with van der Waals surface area (Å²) in [6.07, 6.45) is 3.29. The van der Waals surface area contributed by atoms with E-state index < -0.39 is 0 Å². The lowest BCUT2D eigenvalue weighted by Gasteiger charge is -2.21. The first-order valence-corrected chi connectivity index (χ1v) is 9.97. The van der Waals surface area contributed by atoms with Gasteiger partial charge in [0.05, 0.1) is 0 Å². The first kappa shape index (κ1) is 20.1. The van der Waals surface area contributed by atoms with E-state index in [0.717, 1.165) is 32.6 Å². The molecule has 0 N–H and O–H groups in total. The summed E-state index contributed by atoms with van der Waals surface area (Å²) in [4.78, 5) is 4.75. The van der Waals surface area contributed by atoms with E-state index in [-0.39, 0.29) is 0 Å². The molecule has 0 saturated carbocycles. The van der Waals surface area contributed by atoms with E-state index in [1.165, 1.54) is 28.1 Å². The fourth-order valence-corrected chi connectivity index (χ4v) is 3.44. The van der Waals surface area contributed by atoms with Gasteiger partial charge in [-0.3, -0.25) is 0 Å². The molecule has 2 aromatic carbocycles. The molecule has 0 fully saturated rings. The Kier molecular flexibility index (Phi) is 7.77. The third kappa shape index (κ3) is 5.39. The lowest BCUT2D eigenvalue weighted by Crippen LogP contribution is -2.21. The van der Waals surface area contributed by atoms with Crippen LogP contribution in [0.2, 0.25) is 0 Å². The molecule has 0 aliphatic rings. The van der Waals surface area contributed by atoms with Gasteiger partial charge in [0.2, 0.25) is 0 Å². The molecule has 2 nitrogen and oxygen atoms in total. The summed E-state index contributed by atoms with van der Waals surface area (Å²) in [7, 11) is 0. The molecule has 0 unspecified atom stereocenters. The minimum absolute atomic E-state index is 0.996. The van der Waals surface area contributed by atoms with Crippen molar-refractivity contribution >= 4 is 17.5 Å². The molecule has 0 bridgehead atoms. The second-order valence-electron chi connectivity index (χ2n) is 6.77. The van der Waals surface area contributed by atoms with Gasteiger partial charge in [0.25, 0.3) is 0 Å². The van der Waals surface area contributed by atoms with E-state index >= 15 is 0 Å². The Balaban J connectivity index is 2.03. The van der Waals surface area contributed by atoms with E-state index in [1.54, 1.807) is 0 Å². The standard InChI is InChI=1S/C24H34N2/c1-6-25(7-2)23-14-10-21(11-15-23)18-20(5)19-22-12-16-24(17-13-22)26(8-3)9-4/h10-18H,6-9,19H2,1-5H3. The summed E-state index contributed by atoms with van der Waals surface area (Å²) in [6.45, 7) is 15.2. The number of hydrogen-bond acceptors (Lipinski definition) is 2. The molecule has 0 aromatic heterocycles. The Labute approximate surface area is 160 Å². The highest BCUT2D eigenvalue weighted by Crippen LogP contribution is 2.20. The molecule has 2 rings (SSSR count). The SMILES string of the molecule is CCN(CC)c1ccc(C=C(C)Cc2ccc(N(CC)CC)cc2)cc1. The van der Waals surface area contributed by atoms with Gasteiger partial charge in [0.15, 0.2) is 0 Å². The summed E-state index contributed by atoms with van der Waals surface area (Å²) >= 11 is 0. The van der Waals surface area contributed by atoms with Crippen molar-refractivity contribution in [2.24, 2.45) is 0 Å². The van der Waals surface area contributed by atoms with Crippen LogP contribution >= 0.6 is 0 Å². The Morgan fingerprint density at radius 3 is 1.54 bits per heavy atom. The molecule has 0 aliphatic heterocycles. The highest BCUT2D eigenvalue weighted by atomic mass is 15.1. The Morgan fingerprint density at radius 2 is 1.12 bits per heavy atom. The quantitative estimate of drug-likeness (QED) is 0.545. The third-order valence-corrected chi connectivity index (χ3v) is 4.98. The van der Waals surface area contributed by atoms with Crippen LogP contribution in [0.4, 0.5) is 11.4 Å². The molecule has 0 amide bonds. The van der Waals surface area contributed by atoms with Crippen LogP contribution in [0.3, 0.4) is 0 Å². The summed E-state index contributed by atoms with van der Waals surface area (Å²) in [5.41, 5.74) is 6.65. The molecule has 0 atom stereocenters. The zero-order valence-electron chi connectivity index (χ0n) is 17.1. The molecule has 0 spiro atoms. The molecule has 140 valence electrons. The minimum Gasteiger partial charge on any atom is -0.372 e. The highest BCUT2D eigenvalue weighted by Gasteiger charge is 2.03. The smallest absolute Gasteiger partial charge is 0.0366 e. The van der Waals surface area contributed by atoms with Crippen LogP contribution in [0.25, 0.3) is 6.08 Å². The average molecular weight is 351 g/mol. The normalized spacial score (nSPS) is 11.5. The Morgan fingerprint density at radius 1 is 0.692 bits per heavy atom. The summed E-state index contributed by atoms with van der Waals surface area (Å²) < 4.78 is 0. The van der Waals surface area contributed by atoms with E-state index in [1.807, 2.05) is 0 Å². The second kappa shape index (κ2) is 10.1. The van der Waals surface area contributed by atoms with E-state index in [0.29, 0.717) is 0 Å². The monoisotopic (exact) mass is 350 g/mol. The first-order valence-electron chi connectivity index (χ1n) is 9.97. The fraction of sp³-hybridized carbons (Fsp3) is 0.417. The molecular formula is C24H34N2. The van der Waals surface area contributed by atoms with Crippen molar-refractivity contribution in [2.75, 3.05) is 36.0 Å². The average Bonchev–Trinajstić information content (AvgIpc) is 2.66. The lowest BCUT2D eigenvalue weighted by molar-refractivity contribution is 0.866. The number of rotatable bonds is 9. The number of nitrogens with zero attached hydrogens (tertiary/aromatic N) is 2. The maximum atomic E-state index is 2.38. The molecular weight excluding hydrogens is 316 g/mol. The molecule has 0 radical (unpaired) electrons. The summed E-state index contributed by atoms with van der Waals surface area (Å²) in [6, 6.07) is 17.9. The zero-order chi connectivity index (χ0) is 18.9. The van der Waals surface area contributed by atoms with Crippen LogP contribution in [0.5, 0.6) is 0 Å². The Bertz CT molecular complexity index is 675. The fourth-order valence-electron chi connectivity index (χ4n) is 3.44. The van der Waals surface area contributed by atoms with Crippen molar-refractivity contribution < 1.29 is 0 Å². The number of anilines is 2. The van der Waals surface area contributed by atoms with Crippen LogP contribution < -0.4 is 9.80 Å². The van der Waals surface area contributed by atoms with Crippen molar-refractivity contribution in [3.63, 3.8) is 0 Å². The van der Waals surface area contributed by atoms with Crippen molar-refractivity contribution in [3.05, 3.63) is 65.2 Å². The number of benzene rings is 2. The van der Waals surface area contributed by atoms with Gasteiger partial charge in [-0.25, -0.2) is 0 Å². The van der Waals surface area contributed by atoms with Gasteiger partial charge in [-0.05, 0) is 76.4 Å². The third-order valence-electron chi connectivity index (χ3n) is 4.98. The van der Waals surface area contributed by atoms with Crippen molar-refractivity contribution in [3.8, 4) is 0 Å². The van der Waals surface area contributed by atoms with Gasteiger partial charge in [-0.15, -0.1) is 0 Å². The van der Waals surface area contributed by atoms with Gasteiger partial charge in [-0.1, -0.05) is 35.9 Å². The maximum absolute atomic E-state index is 2.38. The molecule has 0 heterocycles. The topological polar surface area (TPSA) is 6.48 Å². The van der Waals surface area contributed by atoms with Gasteiger partial charge in [0, 0.05) is 37.6 Å². The van der Waals surface area contributed by atoms with Crippen LogP contribution in [0.15, 0.2) is 54.1 Å². The van der Waals surface area contributed by atoms with Gasteiger partial charge in [0.1, 0.15) is 0 Å².